The van der Waals surface area contributed by atoms with Gasteiger partial charge in [-0.2, -0.15) is 0 Å². The lowest BCUT2D eigenvalue weighted by molar-refractivity contribution is -0.384. The van der Waals surface area contributed by atoms with Crippen LogP contribution in [0.4, 0.5) is 17.1 Å². The molecule has 1 aliphatic heterocycles. The quantitative estimate of drug-likeness (QED) is 0.456. The molecule has 2 aromatic carbocycles. The van der Waals surface area contributed by atoms with Gasteiger partial charge in [0.25, 0.3) is 5.69 Å². The molecule has 0 atom stereocenters. The average Bonchev–Trinajstić information content (AvgIpc) is 3.09. The SMILES string of the molecule is O=C(CCCn1c(=O)oc2cc([N+](=O)[O-])ccc21)Nc1cccc(N2CCOCC2)c1. The molecule has 1 N–H and O–H groups in total. The van der Waals surface area contributed by atoms with Crippen molar-refractivity contribution >= 4 is 34.1 Å². The third-order valence-corrected chi connectivity index (χ3v) is 5.15. The van der Waals surface area contributed by atoms with E-state index in [9.17, 15) is 19.7 Å². The minimum atomic E-state index is -0.603. The maximum atomic E-state index is 12.4. The van der Waals surface area contributed by atoms with E-state index in [2.05, 4.69) is 10.2 Å². The number of oxazole rings is 1. The van der Waals surface area contributed by atoms with Crippen LogP contribution in [0.3, 0.4) is 0 Å². The monoisotopic (exact) mass is 426 g/mol. The highest BCUT2D eigenvalue weighted by atomic mass is 16.6. The minimum absolute atomic E-state index is 0.146. The Hall–Kier alpha value is -3.66. The molecule has 0 saturated carbocycles. The van der Waals surface area contributed by atoms with E-state index in [1.807, 2.05) is 24.3 Å². The standard InChI is InChI=1S/C21H22N4O6/c26-20(22-15-3-1-4-16(13-15)23-9-11-30-12-10-23)5-2-8-24-18-7-6-17(25(28)29)14-19(18)31-21(24)27/h1,3-4,6-7,13-14H,2,5,8-12H2,(H,22,26). The van der Waals surface area contributed by atoms with Crippen LogP contribution in [0.1, 0.15) is 12.8 Å². The second-order valence-electron chi connectivity index (χ2n) is 7.23. The number of aryl methyl sites for hydroxylation is 1. The predicted molar refractivity (Wildman–Crippen MR) is 114 cm³/mol. The highest BCUT2D eigenvalue weighted by molar-refractivity contribution is 5.91. The molecular formula is C21H22N4O6. The summed E-state index contributed by atoms with van der Waals surface area (Å²) in [7, 11) is 0. The summed E-state index contributed by atoms with van der Waals surface area (Å²) in [5.41, 5.74) is 2.23. The first-order chi connectivity index (χ1) is 15.0. The Kier molecular flexibility index (Phi) is 5.99. The number of non-ortho nitro benzene ring substituents is 1. The van der Waals surface area contributed by atoms with E-state index in [1.54, 1.807) is 0 Å². The number of anilines is 2. The molecule has 1 fully saturated rings. The van der Waals surface area contributed by atoms with Crippen LogP contribution in [0, 0.1) is 10.1 Å². The summed E-state index contributed by atoms with van der Waals surface area (Å²) >= 11 is 0. The number of nitrogens with one attached hydrogen (secondary N) is 1. The number of rotatable bonds is 7. The number of fused-ring (bicyclic) bond motifs is 1. The Morgan fingerprint density at radius 1 is 1.16 bits per heavy atom. The van der Waals surface area contributed by atoms with E-state index >= 15 is 0 Å². The Morgan fingerprint density at radius 2 is 1.97 bits per heavy atom. The maximum absolute atomic E-state index is 12.4. The fourth-order valence-corrected chi connectivity index (χ4v) is 3.60. The summed E-state index contributed by atoms with van der Waals surface area (Å²) in [6.07, 6.45) is 0.633. The van der Waals surface area contributed by atoms with E-state index in [0.29, 0.717) is 30.8 Å². The van der Waals surface area contributed by atoms with E-state index in [1.165, 1.54) is 22.8 Å². The number of carbonyl (C=O) groups is 1. The Balaban J connectivity index is 1.35. The zero-order chi connectivity index (χ0) is 21.8. The zero-order valence-electron chi connectivity index (χ0n) is 16.8. The van der Waals surface area contributed by atoms with Crippen molar-refractivity contribution in [3.8, 4) is 0 Å². The number of nitrogens with zero attached hydrogens (tertiary/aromatic N) is 3. The molecule has 4 rings (SSSR count). The molecule has 2 heterocycles. The molecule has 0 unspecified atom stereocenters. The number of nitro groups is 1. The Labute approximate surface area is 177 Å². The molecule has 1 aliphatic rings. The summed E-state index contributed by atoms with van der Waals surface area (Å²) in [4.78, 5) is 37.0. The number of nitro benzene ring substituents is 1. The zero-order valence-corrected chi connectivity index (χ0v) is 16.8. The molecule has 3 aromatic rings. The average molecular weight is 426 g/mol. The van der Waals surface area contributed by atoms with Crippen LogP contribution < -0.4 is 16.0 Å². The van der Waals surface area contributed by atoms with Crippen molar-refractivity contribution in [2.45, 2.75) is 19.4 Å². The molecular weight excluding hydrogens is 404 g/mol. The molecule has 0 aliphatic carbocycles. The number of hydrogen-bond donors (Lipinski definition) is 1. The topological polar surface area (TPSA) is 120 Å². The number of aromatic nitrogens is 1. The van der Waals surface area contributed by atoms with Gasteiger partial charge in [0.05, 0.1) is 29.7 Å². The number of ether oxygens (including phenoxy) is 1. The highest BCUT2D eigenvalue weighted by Gasteiger charge is 2.15. The van der Waals surface area contributed by atoms with E-state index in [0.717, 1.165) is 18.8 Å². The lowest BCUT2D eigenvalue weighted by Crippen LogP contribution is -2.36. The fourth-order valence-electron chi connectivity index (χ4n) is 3.60. The van der Waals surface area contributed by atoms with Crippen molar-refractivity contribution in [2.75, 3.05) is 36.5 Å². The molecule has 1 aromatic heterocycles. The van der Waals surface area contributed by atoms with Gasteiger partial charge < -0.3 is 19.4 Å². The van der Waals surface area contributed by atoms with Crippen molar-refractivity contribution < 1.29 is 18.9 Å². The van der Waals surface area contributed by atoms with Crippen LogP contribution in [0.15, 0.2) is 51.7 Å². The van der Waals surface area contributed by atoms with Gasteiger partial charge in [-0.05, 0) is 30.7 Å². The molecule has 10 nitrogen and oxygen atoms in total. The third kappa shape index (κ3) is 4.75. The van der Waals surface area contributed by atoms with Crippen LogP contribution in [0.5, 0.6) is 0 Å². The number of morpholine rings is 1. The molecule has 0 spiro atoms. The van der Waals surface area contributed by atoms with Crippen LogP contribution in [-0.4, -0.2) is 41.7 Å². The van der Waals surface area contributed by atoms with E-state index < -0.39 is 10.7 Å². The van der Waals surface area contributed by atoms with Crippen molar-refractivity contribution in [1.82, 2.24) is 4.57 Å². The summed E-state index contributed by atoms with van der Waals surface area (Å²) in [5.74, 6) is -0.760. The van der Waals surface area contributed by atoms with Gasteiger partial charge in [0.2, 0.25) is 5.91 Å². The van der Waals surface area contributed by atoms with Crippen molar-refractivity contribution in [3.05, 3.63) is 63.1 Å². The molecule has 1 amide bonds. The van der Waals surface area contributed by atoms with Crippen molar-refractivity contribution in [2.24, 2.45) is 0 Å². The molecule has 10 heteroatoms. The Bertz CT molecular complexity index is 1160. The first kappa shape index (κ1) is 20.6. The molecule has 1 saturated heterocycles. The van der Waals surface area contributed by atoms with Gasteiger partial charge >= 0.3 is 5.76 Å². The van der Waals surface area contributed by atoms with Crippen LogP contribution in [0.2, 0.25) is 0 Å². The second-order valence-corrected chi connectivity index (χ2v) is 7.23. The van der Waals surface area contributed by atoms with Gasteiger partial charge in [-0.25, -0.2) is 4.79 Å². The number of amides is 1. The molecule has 31 heavy (non-hydrogen) atoms. The summed E-state index contributed by atoms with van der Waals surface area (Å²) < 4.78 is 11.9. The minimum Gasteiger partial charge on any atom is -0.407 e. The summed E-state index contributed by atoms with van der Waals surface area (Å²) in [5, 5.41) is 13.8. The van der Waals surface area contributed by atoms with Gasteiger partial charge in [-0.1, -0.05) is 6.07 Å². The van der Waals surface area contributed by atoms with E-state index in [-0.39, 0.29) is 30.1 Å². The van der Waals surface area contributed by atoms with E-state index in [4.69, 9.17) is 9.15 Å². The normalized spacial score (nSPS) is 14.0. The van der Waals surface area contributed by atoms with Gasteiger partial charge in [0.15, 0.2) is 5.58 Å². The summed E-state index contributed by atoms with van der Waals surface area (Å²) in [6, 6.07) is 11.7. The first-order valence-electron chi connectivity index (χ1n) is 10.0. The third-order valence-electron chi connectivity index (χ3n) is 5.15. The van der Waals surface area contributed by atoms with Crippen LogP contribution in [0.25, 0.3) is 11.1 Å². The van der Waals surface area contributed by atoms with Gasteiger partial charge in [-0.15, -0.1) is 0 Å². The molecule has 162 valence electrons. The van der Waals surface area contributed by atoms with Gasteiger partial charge in [-0.3, -0.25) is 19.5 Å². The Morgan fingerprint density at radius 3 is 2.74 bits per heavy atom. The number of carbonyl (C=O) groups excluding carboxylic acids is 1. The lowest BCUT2D eigenvalue weighted by Gasteiger charge is -2.29. The predicted octanol–water partition coefficient (Wildman–Crippen LogP) is 2.76. The van der Waals surface area contributed by atoms with Gasteiger partial charge in [0, 0.05) is 43.5 Å². The van der Waals surface area contributed by atoms with Crippen LogP contribution >= 0.6 is 0 Å². The van der Waals surface area contributed by atoms with Gasteiger partial charge in [0.1, 0.15) is 0 Å². The maximum Gasteiger partial charge on any atom is 0.419 e. The molecule has 0 radical (unpaired) electrons. The fraction of sp³-hybridized carbons (Fsp3) is 0.333. The largest absolute Gasteiger partial charge is 0.419 e. The second kappa shape index (κ2) is 9.00. The molecule has 0 bridgehead atoms. The first-order valence-corrected chi connectivity index (χ1v) is 10.0. The summed E-state index contributed by atoms with van der Waals surface area (Å²) in [6.45, 7) is 3.27. The number of benzene rings is 2. The number of hydrogen-bond acceptors (Lipinski definition) is 7. The van der Waals surface area contributed by atoms with Crippen molar-refractivity contribution in [3.63, 3.8) is 0 Å². The highest BCUT2D eigenvalue weighted by Crippen LogP contribution is 2.22. The lowest BCUT2D eigenvalue weighted by atomic mass is 10.2. The smallest absolute Gasteiger partial charge is 0.407 e. The van der Waals surface area contributed by atoms with Crippen molar-refractivity contribution in [1.29, 1.82) is 0 Å². The van der Waals surface area contributed by atoms with Crippen LogP contribution in [-0.2, 0) is 16.1 Å².